The molecule has 1 aromatic rings. The van der Waals surface area contributed by atoms with Gasteiger partial charge in [-0.15, -0.1) is 0 Å². The molecular weight excluding hydrogens is 239 g/mol. The van der Waals surface area contributed by atoms with Gasteiger partial charge in [0.05, 0.1) is 5.70 Å². The molecule has 17 heavy (non-hydrogen) atoms. The highest BCUT2D eigenvalue weighted by molar-refractivity contribution is 7.59. The second-order valence-corrected chi connectivity index (χ2v) is 7.05. The molecule has 2 rings (SSSR count). The van der Waals surface area contributed by atoms with Crippen LogP contribution in [-0.2, 0) is 9.05 Å². The fraction of sp³-hybridized carbons (Fsp3) is 0.545. The SMILES string of the molecule is C=C(C[P+]1([O-])OCC(C)(C)CO1)n1cccn1. The van der Waals surface area contributed by atoms with Gasteiger partial charge in [-0.2, -0.15) is 5.10 Å². The van der Waals surface area contributed by atoms with Gasteiger partial charge in [-0.1, -0.05) is 20.4 Å². The van der Waals surface area contributed by atoms with Crippen LogP contribution in [0.3, 0.4) is 0 Å². The van der Waals surface area contributed by atoms with Crippen molar-refractivity contribution in [2.24, 2.45) is 5.41 Å². The maximum atomic E-state index is 12.3. The largest absolute Gasteiger partial charge is 0.631 e. The molecule has 1 saturated heterocycles. The van der Waals surface area contributed by atoms with E-state index < -0.39 is 7.94 Å². The summed E-state index contributed by atoms with van der Waals surface area (Å²) in [7, 11) is -3.05. The summed E-state index contributed by atoms with van der Waals surface area (Å²) in [6.45, 7) is 8.75. The third-order valence-corrected chi connectivity index (χ3v) is 4.31. The monoisotopic (exact) mass is 256 g/mol. The Hall–Kier alpha value is -0.740. The molecule has 5 nitrogen and oxygen atoms in total. The zero-order valence-corrected chi connectivity index (χ0v) is 11.0. The molecule has 1 aliphatic heterocycles. The lowest BCUT2D eigenvalue weighted by atomic mass is 9.97. The van der Waals surface area contributed by atoms with Crippen molar-refractivity contribution in [1.29, 1.82) is 0 Å². The van der Waals surface area contributed by atoms with Crippen molar-refractivity contribution in [3.05, 3.63) is 25.0 Å². The second kappa shape index (κ2) is 4.50. The first-order valence-electron chi connectivity index (χ1n) is 5.46. The van der Waals surface area contributed by atoms with E-state index in [4.69, 9.17) is 9.05 Å². The molecule has 0 radical (unpaired) electrons. The van der Waals surface area contributed by atoms with Crippen LogP contribution in [0.4, 0.5) is 0 Å². The lowest BCUT2D eigenvalue weighted by molar-refractivity contribution is -0.232. The van der Waals surface area contributed by atoms with Crippen LogP contribution in [0.15, 0.2) is 25.0 Å². The van der Waals surface area contributed by atoms with Crippen LogP contribution in [0.25, 0.3) is 5.70 Å². The predicted molar refractivity (Wildman–Crippen MR) is 65.0 cm³/mol. The van der Waals surface area contributed by atoms with Crippen molar-refractivity contribution in [2.75, 3.05) is 19.4 Å². The van der Waals surface area contributed by atoms with Gasteiger partial charge < -0.3 is 4.89 Å². The summed E-state index contributed by atoms with van der Waals surface area (Å²) in [5, 5.41) is 4.03. The molecule has 0 unspecified atom stereocenters. The minimum atomic E-state index is -3.05. The molecule has 94 valence electrons. The quantitative estimate of drug-likeness (QED) is 0.770. The van der Waals surface area contributed by atoms with E-state index >= 15 is 0 Å². The molecular formula is C11H17N2O3P. The smallest absolute Gasteiger partial charge is 0.243 e. The fourth-order valence-electron chi connectivity index (χ4n) is 1.47. The molecule has 0 aliphatic carbocycles. The maximum absolute atomic E-state index is 12.3. The maximum Gasteiger partial charge on any atom is 0.243 e. The van der Waals surface area contributed by atoms with Crippen molar-refractivity contribution in [3.63, 3.8) is 0 Å². The van der Waals surface area contributed by atoms with Crippen LogP contribution in [0.5, 0.6) is 0 Å². The van der Waals surface area contributed by atoms with Gasteiger partial charge in [-0.3, -0.25) is 0 Å². The summed E-state index contributed by atoms with van der Waals surface area (Å²) in [5.41, 5.74) is 0.527. The van der Waals surface area contributed by atoms with Crippen LogP contribution in [0, 0.1) is 5.41 Å². The van der Waals surface area contributed by atoms with Crippen LogP contribution >= 0.6 is 7.94 Å². The minimum Gasteiger partial charge on any atom is -0.631 e. The van der Waals surface area contributed by atoms with E-state index in [2.05, 4.69) is 11.7 Å². The zero-order chi connectivity index (χ0) is 12.5. The summed E-state index contributed by atoms with van der Waals surface area (Å²) in [5.74, 6) is 0. The van der Waals surface area contributed by atoms with E-state index in [-0.39, 0.29) is 11.6 Å². The van der Waals surface area contributed by atoms with Crippen LogP contribution < -0.4 is 4.89 Å². The Balaban J connectivity index is 1.97. The fourth-order valence-corrected chi connectivity index (χ4v) is 3.41. The molecule has 0 N–H and O–H groups in total. The number of allylic oxidation sites excluding steroid dienone is 1. The minimum absolute atomic E-state index is 0.0824. The van der Waals surface area contributed by atoms with Gasteiger partial charge in [-0.25, -0.2) is 13.7 Å². The topological polar surface area (TPSA) is 59.3 Å². The molecule has 0 bridgehead atoms. The summed E-state index contributed by atoms with van der Waals surface area (Å²) in [4.78, 5) is 12.3. The molecule has 0 atom stereocenters. The van der Waals surface area contributed by atoms with Crippen LogP contribution in [0.2, 0.25) is 0 Å². The Kier molecular flexibility index (Phi) is 3.36. The van der Waals surface area contributed by atoms with Crippen molar-refractivity contribution < 1.29 is 13.9 Å². The average Bonchev–Trinajstić information content (AvgIpc) is 2.77. The number of aromatic nitrogens is 2. The first kappa shape index (κ1) is 12.7. The van der Waals surface area contributed by atoms with Gasteiger partial charge in [0, 0.05) is 17.8 Å². The van der Waals surface area contributed by atoms with Gasteiger partial charge in [0.2, 0.25) is 7.94 Å². The van der Waals surface area contributed by atoms with E-state index in [0.29, 0.717) is 18.9 Å². The van der Waals surface area contributed by atoms with Crippen molar-refractivity contribution in [2.45, 2.75) is 13.8 Å². The Morgan fingerprint density at radius 1 is 1.53 bits per heavy atom. The molecule has 0 spiro atoms. The third kappa shape index (κ3) is 3.13. The summed E-state index contributed by atoms with van der Waals surface area (Å²) >= 11 is 0. The molecule has 1 aromatic heterocycles. The highest BCUT2D eigenvalue weighted by atomic mass is 31.2. The van der Waals surface area contributed by atoms with E-state index in [1.54, 1.807) is 23.1 Å². The molecule has 2 heterocycles. The third-order valence-electron chi connectivity index (χ3n) is 2.51. The van der Waals surface area contributed by atoms with Gasteiger partial charge in [0.15, 0.2) is 0 Å². The lowest BCUT2D eigenvalue weighted by Gasteiger charge is -2.38. The Labute approximate surface area is 102 Å². The molecule has 0 aromatic carbocycles. The molecule has 0 amide bonds. The van der Waals surface area contributed by atoms with Crippen LogP contribution in [-0.4, -0.2) is 29.2 Å². The Bertz CT molecular complexity index is 393. The first-order valence-corrected chi connectivity index (χ1v) is 7.19. The van der Waals surface area contributed by atoms with Gasteiger partial charge >= 0.3 is 0 Å². The van der Waals surface area contributed by atoms with E-state index in [9.17, 15) is 4.89 Å². The van der Waals surface area contributed by atoms with E-state index in [1.807, 2.05) is 13.8 Å². The van der Waals surface area contributed by atoms with Crippen molar-refractivity contribution in [3.8, 4) is 0 Å². The molecule has 0 saturated carbocycles. The van der Waals surface area contributed by atoms with Crippen LogP contribution in [0.1, 0.15) is 13.8 Å². The molecule has 1 aliphatic rings. The van der Waals surface area contributed by atoms with Crippen molar-refractivity contribution >= 4 is 13.6 Å². The Morgan fingerprint density at radius 3 is 2.71 bits per heavy atom. The number of hydrogen-bond acceptors (Lipinski definition) is 4. The first-order chi connectivity index (χ1) is 7.90. The van der Waals surface area contributed by atoms with Gasteiger partial charge in [0.25, 0.3) is 0 Å². The highest BCUT2D eigenvalue weighted by Gasteiger charge is 2.41. The second-order valence-electron chi connectivity index (χ2n) is 5.00. The van der Waals surface area contributed by atoms with E-state index in [1.165, 1.54) is 0 Å². The number of nitrogens with zero attached hydrogens (tertiary/aromatic N) is 2. The Morgan fingerprint density at radius 2 is 2.18 bits per heavy atom. The number of rotatable bonds is 3. The zero-order valence-electron chi connectivity index (χ0n) is 10.1. The number of hydrogen-bond donors (Lipinski definition) is 0. The van der Waals surface area contributed by atoms with E-state index in [0.717, 1.165) is 0 Å². The lowest BCUT2D eigenvalue weighted by Crippen LogP contribution is -2.36. The van der Waals surface area contributed by atoms with Gasteiger partial charge in [0.1, 0.15) is 19.4 Å². The van der Waals surface area contributed by atoms with Crippen molar-refractivity contribution in [1.82, 2.24) is 9.78 Å². The summed E-state index contributed by atoms with van der Waals surface area (Å²) < 4.78 is 12.3. The standard InChI is InChI=1S/C11H17N2O3P/c1-10(13-6-4-5-12-13)7-17(14)15-8-11(2,3)9-16-17/h4-6H,1,7-9H2,2-3H3. The summed E-state index contributed by atoms with van der Waals surface area (Å²) in [6, 6.07) is 1.78. The normalized spacial score (nSPS) is 22.3. The van der Waals surface area contributed by atoms with Gasteiger partial charge in [-0.05, 0) is 6.07 Å². The summed E-state index contributed by atoms with van der Waals surface area (Å²) in [6.07, 6.45) is 3.57. The molecule has 6 heteroatoms. The highest BCUT2D eigenvalue weighted by Crippen LogP contribution is 2.58. The average molecular weight is 256 g/mol. The molecule has 1 fully saturated rings. The predicted octanol–water partition coefficient (Wildman–Crippen LogP) is 1.55.